The number of nitriles is 2. The minimum atomic E-state index is -0.344. The fourth-order valence-corrected chi connectivity index (χ4v) is 2.69. The Labute approximate surface area is 146 Å². The zero-order chi connectivity index (χ0) is 19.0. The summed E-state index contributed by atoms with van der Waals surface area (Å²) in [6.45, 7) is 1.64. The first kappa shape index (κ1) is 16.8. The molecule has 3 aromatic rings. The van der Waals surface area contributed by atoms with Crippen molar-refractivity contribution in [2.45, 2.75) is 6.92 Å². The zero-order valence-corrected chi connectivity index (χ0v) is 13.8. The highest BCUT2D eigenvalue weighted by molar-refractivity contribution is 6.01. The topological polar surface area (TPSA) is 150 Å². The third-order valence-corrected chi connectivity index (χ3v) is 3.83. The van der Waals surface area contributed by atoms with Gasteiger partial charge in [-0.15, -0.1) is 0 Å². The molecular weight excluding hydrogens is 336 g/mol. The van der Waals surface area contributed by atoms with Gasteiger partial charge in [0.05, 0.1) is 23.8 Å². The maximum absolute atomic E-state index is 12.4. The number of aryl methyl sites for hydroxylation is 1. The second kappa shape index (κ2) is 6.11. The van der Waals surface area contributed by atoms with E-state index >= 15 is 0 Å². The molecule has 0 bridgehead atoms. The lowest BCUT2D eigenvalue weighted by molar-refractivity contribution is 0.421. The van der Waals surface area contributed by atoms with Crippen LogP contribution in [-0.2, 0) is 0 Å². The van der Waals surface area contributed by atoms with E-state index in [9.17, 15) is 4.79 Å². The van der Waals surface area contributed by atoms with E-state index < -0.39 is 0 Å². The Kier molecular flexibility index (Phi) is 3.95. The SMILES string of the molecule is COc1c2cc(C(N)=C(C#N)C#N)c(=N)oc2cc2oc(C)cc(=O)c12. The molecule has 3 N–H and O–H groups in total. The van der Waals surface area contributed by atoms with Crippen molar-refractivity contribution in [1.82, 2.24) is 0 Å². The van der Waals surface area contributed by atoms with Gasteiger partial charge in [-0.25, -0.2) is 0 Å². The molecule has 3 rings (SSSR count). The minimum absolute atomic E-state index is 0.0461. The molecule has 0 amide bonds. The fraction of sp³-hybridized carbons (Fsp3) is 0.111. The molecule has 0 atom stereocenters. The number of nitrogens with one attached hydrogen (secondary N) is 1. The fourth-order valence-electron chi connectivity index (χ4n) is 2.69. The van der Waals surface area contributed by atoms with Crippen molar-refractivity contribution in [3.63, 3.8) is 0 Å². The van der Waals surface area contributed by atoms with E-state index in [1.807, 2.05) is 0 Å². The summed E-state index contributed by atoms with van der Waals surface area (Å²) in [5.41, 5.74) is 5.21. The maximum atomic E-state index is 12.4. The van der Waals surface area contributed by atoms with Crippen LogP contribution >= 0.6 is 0 Å². The Morgan fingerprint density at radius 1 is 1.19 bits per heavy atom. The van der Waals surface area contributed by atoms with E-state index in [0.29, 0.717) is 11.1 Å². The summed E-state index contributed by atoms with van der Waals surface area (Å²) in [6.07, 6.45) is 0. The molecule has 2 aromatic heterocycles. The van der Waals surface area contributed by atoms with Gasteiger partial charge in [-0.2, -0.15) is 10.5 Å². The average molecular weight is 348 g/mol. The lowest BCUT2D eigenvalue weighted by Gasteiger charge is -2.10. The van der Waals surface area contributed by atoms with Crippen LogP contribution in [0.2, 0.25) is 0 Å². The number of methoxy groups -OCH3 is 1. The Balaban J connectivity index is 2.52. The van der Waals surface area contributed by atoms with Gasteiger partial charge >= 0.3 is 0 Å². The first-order chi connectivity index (χ1) is 12.4. The predicted molar refractivity (Wildman–Crippen MR) is 91.7 cm³/mol. The first-order valence-electron chi connectivity index (χ1n) is 7.35. The molecule has 0 unspecified atom stereocenters. The van der Waals surface area contributed by atoms with Crippen molar-refractivity contribution >= 4 is 27.6 Å². The van der Waals surface area contributed by atoms with Crippen LogP contribution in [0, 0.1) is 35.0 Å². The summed E-state index contributed by atoms with van der Waals surface area (Å²) >= 11 is 0. The standard InChI is InChI=1S/C18H12N4O4/c1-8-3-12(23)15-14(25-8)5-13-10(17(15)24-2)4-11(18(22)26-13)16(21)9(6-19)7-20/h3-5,22H,21H2,1-2H3. The third-order valence-electron chi connectivity index (χ3n) is 3.83. The number of rotatable bonds is 2. The zero-order valence-electron chi connectivity index (χ0n) is 13.8. The van der Waals surface area contributed by atoms with E-state index in [2.05, 4.69) is 0 Å². The summed E-state index contributed by atoms with van der Waals surface area (Å²) in [4.78, 5) is 12.4. The second-order valence-corrected chi connectivity index (χ2v) is 5.42. The number of benzene rings is 1. The lowest BCUT2D eigenvalue weighted by atomic mass is 10.1. The molecule has 2 heterocycles. The van der Waals surface area contributed by atoms with Crippen LogP contribution in [0.5, 0.6) is 5.75 Å². The molecule has 0 saturated carbocycles. The second-order valence-electron chi connectivity index (χ2n) is 5.42. The third kappa shape index (κ3) is 2.46. The Bertz CT molecular complexity index is 1280. The van der Waals surface area contributed by atoms with E-state index in [4.69, 9.17) is 35.2 Å². The Morgan fingerprint density at radius 3 is 2.50 bits per heavy atom. The van der Waals surface area contributed by atoms with Crippen LogP contribution in [0.25, 0.3) is 27.6 Å². The maximum Gasteiger partial charge on any atom is 0.221 e. The van der Waals surface area contributed by atoms with Crippen LogP contribution < -0.4 is 21.5 Å². The molecular formula is C18H12N4O4. The Morgan fingerprint density at radius 2 is 1.88 bits per heavy atom. The summed E-state index contributed by atoms with van der Waals surface area (Å²) < 4.78 is 16.4. The summed E-state index contributed by atoms with van der Waals surface area (Å²) in [6, 6.07) is 7.61. The van der Waals surface area contributed by atoms with Gasteiger partial charge in [-0.05, 0) is 13.0 Å². The molecule has 0 spiro atoms. The quantitative estimate of drug-likeness (QED) is 0.531. The predicted octanol–water partition coefficient (Wildman–Crippen LogP) is 2.05. The molecule has 0 aliphatic carbocycles. The van der Waals surface area contributed by atoms with E-state index in [-0.39, 0.29) is 50.1 Å². The smallest absolute Gasteiger partial charge is 0.221 e. The van der Waals surface area contributed by atoms with E-state index in [1.54, 1.807) is 19.1 Å². The molecule has 0 aliphatic heterocycles. The van der Waals surface area contributed by atoms with Crippen LogP contribution in [0.4, 0.5) is 0 Å². The molecule has 0 aliphatic rings. The normalized spacial score (nSPS) is 10.3. The van der Waals surface area contributed by atoms with Crippen molar-refractivity contribution in [2.24, 2.45) is 5.73 Å². The number of hydrogen-bond acceptors (Lipinski definition) is 8. The van der Waals surface area contributed by atoms with Crippen molar-refractivity contribution in [2.75, 3.05) is 7.11 Å². The molecule has 8 nitrogen and oxygen atoms in total. The van der Waals surface area contributed by atoms with Gasteiger partial charge in [0.2, 0.25) is 5.55 Å². The number of nitrogens with zero attached hydrogens (tertiary/aromatic N) is 2. The molecule has 8 heteroatoms. The molecule has 0 radical (unpaired) electrons. The van der Waals surface area contributed by atoms with E-state index in [1.165, 1.54) is 25.3 Å². The number of ether oxygens (including phenoxy) is 1. The highest BCUT2D eigenvalue weighted by Gasteiger charge is 2.18. The summed E-state index contributed by atoms with van der Waals surface area (Å²) in [5, 5.41) is 26.6. The van der Waals surface area contributed by atoms with Gasteiger partial charge in [-0.1, -0.05) is 0 Å². The van der Waals surface area contributed by atoms with Crippen LogP contribution in [0.3, 0.4) is 0 Å². The monoisotopic (exact) mass is 348 g/mol. The van der Waals surface area contributed by atoms with Crippen molar-refractivity contribution in [3.8, 4) is 17.9 Å². The first-order valence-corrected chi connectivity index (χ1v) is 7.35. The van der Waals surface area contributed by atoms with Gasteiger partial charge in [0.15, 0.2) is 11.0 Å². The number of allylic oxidation sites excluding steroid dienone is 1. The van der Waals surface area contributed by atoms with Gasteiger partial charge in [-0.3, -0.25) is 10.2 Å². The largest absolute Gasteiger partial charge is 0.495 e. The summed E-state index contributed by atoms with van der Waals surface area (Å²) in [7, 11) is 1.39. The van der Waals surface area contributed by atoms with Crippen molar-refractivity contribution < 1.29 is 13.6 Å². The van der Waals surface area contributed by atoms with Crippen molar-refractivity contribution in [3.05, 3.63) is 50.9 Å². The van der Waals surface area contributed by atoms with Gasteiger partial charge in [0.25, 0.3) is 0 Å². The average Bonchev–Trinajstić information content (AvgIpc) is 2.60. The van der Waals surface area contributed by atoms with E-state index in [0.717, 1.165) is 0 Å². The Hall–Kier alpha value is -4.04. The minimum Gasteiger partial charge on any atom is -0.495 e. The van der Waals surface area contributed by atoms with Gasteiger partial charge in [0.1, 0.15) is 40.2 Å². The van der Waals surface area contributed by atoms with Crippen LogP contribution in [-0.4, -0.2) is 7.11 Å². The number of nitrogens with two attached hydrogens (primary N) is 1. The molecule has 26 heavy (non-hydrogen) atoms. The summed E-state index contributed by atoms with van der Waals surface area (Å²) in [5.74, 6) is 0.617. The van der Waals surface area contributed by atoms with Crippen molar-refractivity contribution in [1.29, 1.82) is 15.9 Å². The van der Waals surface area contributed by atoms with Gasteiger partial charge in [0, 0.05) is 12.1 Å². The molecule has 128 valence electrons. The molecule has 1 aromatic carbocycles. The number of hydrogen-bond donors (Lipinski definition) is 2. The van der Waals surface area contributed by atoms with Gasteiger partial charge < -0.3 is 19.3 Å². The molecule has 0 fully saturated rings. The highest BCUT2D eigenvalue weighted by atomic mass is 16.5. The van der Waals surface area contributed by atoms with Crippen LogP contribution in [0.1, 0.15) is 11.3 Å². The molecule has 0 saturated heterocycles. The van der Waals surface area contributed by atoms with Crippen LogP contribution in [0.15, 0.2) is 37.4 Å². The number of fused-ring (bicyclic) bond motifs is 2. The highest BCUT2D eigenvalue weighted by Crippen LogP contribution is 2.33. The lowest BCUT2D eigenvalue weighted by Crippen LogP contribution is -2.13.